The third-order valence-electron chi connectivity index (χ3n) is 5.15. The number of alkyl halides is 3. The largest absolute Gasteiger partial charge is 0.408 e. The van der Waals surface area contributed by atoms with Crippen LogP contribution < -0.4 is 5.73 Å². The number of nitrogens with zero attached hydrogens (tertiary/aromatic N) is 5. The minimum absolute atomic E-state index is 0.143. The van der Waals surface area contributed by atoms with E-state index < -0.39 is 38.8 Å². The quantitative estimate of drug-likeness (QED) is 0.263. The van der Waals surface area contributed by atoms with Gasteiger partial charge in [-0.2, -0.15) is 13.2 Å². The van der Waals surface area contributed by atoms with Crippen LogP contribution in [0.5, 0.6) is 0 Å². The number of benzene rings is 1. The van der Waals surface area contributed by atoms with Gasteiger partial charge in [-0.1, -0.05) is 16.8 Å². The standard InChI is InChI=1S/C21H21ClF4N6O2S/c1-20(2,19(27)28-3)35(33,31-11-21(24,25)26)10-13-6-12(4-5-15(13)23)17-7-16(32-34-17)18-29-8-14(22)9-30-18/h4-9H,10-11H2,1-3H3,(H2,27,28). The summed E-state index contributed by atoms with van der Waals surface area (Å²) in [4.78, 5) is 11.8. The second kappa shape index (κ2) is 9.90. The maximum Gasteiger partial charge on any atom is 0.408 e. The van der Waals surface area contributed by atoms with E-state index in [-0.39, 0.29) is 28.7 Å². The Morgan fingerprint density at radius 1 is 1.20 bits per heavy atom. The molecule has 1 atom stereocenters. The molecule has 8 nitrogen and oxygen atoms in total. The number of nitrogens with two attached hydrogens (primary N) is 1. The summed E-state index contributed by atoms with van der Waals surface area (Å²) in [7, 11) is -2.48. The van der Waals surface area contributed by atoms with E-state index in [1.807, 2.05) is 0 Å². The SMILES string of the molecule is CN=C(N)C(C)(C)S(=O)(Cc1cc(-c2cc(-c3ncc(Cl)cn3)no2)ccc1F)=NCC(F)(F)F. The first-order valence-electron chi connectivity index (χ1n) is 9.99. The average molecular weight is 533 g/mol. The molecule has 0 aliphatic rings. The number of halogens is 5. The molecule has 0 fully saturated rings. The van der Waals surface area contributed by atoms with Crippen LogP contribution in [-0.4, -0.2) is 49.7 Å². The summed E-state index contributed by atoms with van der Waals surface area (Å²) in [6, 6.07) is 5.27. The van der Waals surface area contributed by atoms with Crippen molar-refractivity contribution < 1.29 is 26.3 Å². The fourth-order valence-corrected chi connectivity index (χ4v) is 5.30. The number of hydrogen-bond donors (Lipinski definition) is 1. The zero-order chi connectivity index (χ0) is 26.0. The molecule has 188 valence electrons. The second-order valence-corrected chi connectivity index (χ2v) is 11.2. The van der Waals surface area contributed by atoms with Crippen molar-refractivity contribution in [3.05, 3.63) is 53.1 Å². The first kappa shape index (κ1) is 26.5. The maximum absolute atomic E-state index is 14.7. The molecule has 0 aliphatic carbocycles. The molecule has 0 saturated carbocycles. The van der Waals surface area contributed by atoms with Crippen molar-refractivity contribution in [3.63, 3.8) is 0 Å². The van der Waals surface area contributed by atoms with Gasteiger partial charge in [-0.3, -0.25) is 4.99 Å². The van der Waals surface area contributed by atoms with Crippen LogP contribution >= 0.6 is 11.6 Å². The minimum atomic E-state index is -4.71. The molecule has 0 spiro atoms. The van der Waals surface area contributed by atoms with Crippen molar-refractivity contribution in [1.82, 2.24) is 15.1 Å². The average Bonchev–Trinajstić information content (AvgIpc) is 3.29. The lowest BCUT2D eigenvalue weighted by molar-refractivity contribution is -0.117. The molecule has 1 unspecified atom stereocenters. The summed E-state index contributed by atoms with van der Waals surface area (Å²) >= 11 is 5.78. The van der Waals surface area contributed by atoms with Gasteiger partial charge in [0.15, 0.2) is 17.3 Å². The van der Waals surface area contributed by atoms with E-state index in [1.165, 1.54) is 51.5 Å². The Balaban J connectivity index is 2.03. The molecular weight excluding hydrogens is 512 g/mol. The summed E-state index contributed by atoms with van der Waals surface area (Å²) in [5, 5.41) is 4.21. The van der Waals surface area contributed by atoms with Crippen molar-refractivity contribution in [3.8, 4) is 22.8 Å². The van der Waals surface area contributed by atoms with Crippen LogP contribution in [-0.2, 0) is 15.5 Å². The van der Waals surface area contributed by atoms with Gasteiger partial charge in [-0.15, -0.1) is 0 Å². The lowest BCUT2D eigenvalue weighted by atomic mass is 10.1. The minimum Gasteiger partial charge on any atom is -0.386 e. The highest BCUT2D eigenvalue weighted by Gasteiger charge is 2.38. The topological polar surface area (TPSA) is 120 Å². The molecule has 0 aliphatic heterocycles. The van der Waals surface area contributed by atoms with E-state index in [1.54, 1.807) is 0 Å². The van der Waals surface area contributed by atoms with Gasteiger partial charge in [0, 0.05) is 36.6 Å². The Labute approximate surface area is 203 Å². The van der Waals surface area contributed by atoms with Crippen LogP contribution in [0.4, 0.5) is 17.6 Å². The fourth-order valence-electron chi connectivity index (χ4n) is 3.01. The Hall–Kier alpha value is -3.06. The molecule has 1 aromatic carbocycles. The van der Waals surface area contributed by atoms with E-state index in [4.69, 9.17) is 21.9 Å². The number of aliphatic imine (C=N–C) groups is 1. The molecule has 3 aromatic rings. The smallest absolute Gasteiger partial charge is 0.386 e. The van der Waals surface area contributed by atoms with Crippen molar-refractivity contribution in [2.75, 3.05) is 13.6 Å². The highest BCUT2D eigenvalue weighted by atomic mass is 35.5. The number of rotatable bonds is 7. The second-order valence-electron chi connectivity index (χ2n) is 7.91. The fraction of sp³-hybridized carbons (Fsp3) is 0.333. The lowest BCUT2D eigenvalue weighted by Crippen LogP contribution is -2.46. The van der Waals surface area contributed by atoms with Gasteiger partial charge in [0.25, 0.3) is 0 Å². The third kappa shape index (κ3) is 5.96. The van der Waals surface area contributed by atoms with Gasteiger partial charge in [-0.25, -0.2) is 22.9 Å². The zero-order valence-corrected chi connectivity index (χ0v) is 20.4. The van der Waals surface area contributed by atoms with Crippen LogP contribution in [0.2, 0.25) is 5.02 Å². The van der Waals surface area contributed by atoms with Crippen LogP contribution in [0, 0.1) is 5.82 Å². The molecule has 0 saturated heterocycles. The molecule has 2 heterocycles. The number of aromatic nitrogens is 3. The van der Waals surface area contributed by atoms with Crippen LogP contribution in [0.3, 0.4) is 0 Å². The molecule has 0 bridgehead atoms. The Bertz CT molecular complexity index is 1360. The van der Waals surface area contributed by atoms with Crippen molar-refractivity contribution in [2.24, 2.45) is 15.1 Å². The molecule has 0 radical (unpaired) electrons. The van der Waals surface area contributed by atoms with Gasteiger partial charge in [0.2, 0.25) is 0 Å². The van der Waals surface area contributed by atoms with Crippen LogP contribution in [0.25, 0.3) is 22.8 Å². The molecule has 2 aromatic heterocycles. The molecule has 0 amide bonds. The van der Waals surface area contributed by atoms with Gasteiger partial charge in [-0.05, 0) is 32.0 Å². The van der Waals surface area contributed by atoms with Crippen LogP contribution in [0.15, 0.2) is 50.5 Å². The Morgan fingerprint density at radius 3 is 2.46 bits per heavy atom. The summed E-state index contributed by atoms with van der Waals surface area (Å²) < 4.78 is 74.5. The molecule has 14 heteroatoms. The highest BCUT2D eigenvalue weighted by molar-refractivity contribution is 7.95. The third-order valence-corrected chi connectivity index (χ3v) is 8.40. The van der Waals surface area contributed by atoms with Crippen molar-refractivity contribution >= 4 is 27.2 Å². The number of amidine groups is 1. The molecular formula is C21H21ClF4N6O2S. The Morgan fingerprint density at radius 2 is 1.86 bits per heavy atom. The predicted molar refractivity (Wildman–Crippen MR) is 125 cm³/mol. The summed E-state index contributed by atoms with van der Waals surface area (Å²) in [5.41, 5.74) is 6.32. The van der Waals surface area contributed by atoms with E-state index in [2.05, 4.69) is 24.5 Å². The first-order valence-corrected chi connectivity index (χ1v) is 12.0. The Kier molecular flexibility index (Phi) is 7.50. The first-order chi connectivity index (χ1) is 16.3. The van der Waals surface area contributed by atoms with Gasteiger partial charge in [0.05, 0.1) is 20.5 Å². The molecule has 35 heavy (non-hydrogen) atoms. The monoisotopic (exact) mass is 532 g/mol. The summed E-state index contributed by atoms with van der Waals surface area (Å²) in [5.74, 6) is -1.17. The summed E-state index contributed by atoms with van der Waals surface area (Å²) in [6.07, 6.45) is -1.96. The van der Waals surface area contributed by atoms with Gasteiger partial charge >= 0.3 is 6.18 Å². The van der Waals surface area contributed by atoms with E-state index in [9.17, 15) is 21.8 Å². The van der Waals surface area contributed by atoms with Crippen LogP contribution in [0.1, 0.15) is 19.4 Å². The van der Waals surface area contributed by atoms with Crippen molar-refractivity contribution in [2.45, 2.75) is 30.5 Å². The van der Waals surface area contributed by atoms with Crippen molar-refractivity contribution in [1.29, 1.82) is 0 Å². The maximum atomic E-state index is 14.7. The predicted octanol–water partition coefficient (Wildman–Crippen LogP) is 4.89. The normalized spacial score (nSPS) is 14.6. The number of hydrogen-bond acceptors (Lipinski definition) is 7. The lowest BCUT2D eigenvalue weighted by Gasteiger charge is -2.29. The van der Waals surface area contributed by atoms with E-state index >= 15 is 0 Å². The van der Waals surface area contributed by atoms with Gasteiger partial charge < -0.3 is 10.3 Å². The van der Waals surface area contributed by atoms with E-state index in [0.29, 0.717) is 10.6 Å². The summed E-state index contributed by atoms with van der Waals surface area (Å²) in [6.45, 7) is 1.03. The van der Waals surface area contributed by atoms with E-state index in [0.717, 1.165) is 6.07 Å². The zero-order valence-electron chi connectivity index (χ0n) is 18.8. The molecule has 2 N–H and O–H groups in total. The van der Waals surface area contributed by atoms with Gasteiger partial charge in [0.1, 0.15) is 22.9 Å². The molecule has 3 rings (SSSR count). The highest BCUT2D eigenvalue weighted by Crippen LogP contribution is 2.31.